The molecule has 0 bridgehead atoms. The van der Waals surface area contributed by atoms with Gasteiger partial charge in [-0.15, -0.1) is 0 Å². The molecule has 0 saturated carbocycles. The van der Waals surface area contributed by atoms with Crippen molar-refractivity contribution in [2.45, 2.75) is 6.92 Å². The number of benzene rings is 3. The highest BCUT2D eigenvalue weighted by Crippen LogP contribution is 2.32. The largest absolute Gasteiger partial charge is 0.449 e. The van der Waals surface area contributed by atoms with Crippen molar-refractivity contribution in [3.8, 4) is 0 Å². The lowest BCUT2D eigenvalue weighted by Gasteiger charge is -2.08. The Kier molecular flexibility index (Phi) is 5.06. The lowest BCUT2D eigenvalue weighted by molar-refractivity contribution is 0.0999. The molecule has 1 aromatic heterocycles. The van der Waals surface area contributed by atoms with Gasteiger partial charge in [-0.05, 0) is 55.5 Å². The molecule has 29 heavy (non-hydrogen) atoms. The molecule has 0 fully saturated rings. The van der Waals surface area contributed by atoms with Crippen LogP contribution in [0.1, 0.15) is 26.5 Å². The molecule has 0 atom stereocenters. The molecule has 0 unspecified atom stereocenters. The Balaban J connectivity index is 1.68. The summed E-state index contributed by atoms with van der Waals surface area (Å²) in [6.07, 6.45) is 0. The summed E-state index contributed by atoms with van der Waals surface area (Å²) in [4.78, 5) is 25.6. The quantitative estimate of drug-likeness (QED) is 0.445. The lowest BCUT2D eigenvalue weighted by Crippen LogP contribution is -2.17. The summed E-state index contributed by atoms with van der Waals surface area (Å²) >= 11 is 5.89. The lowest BCUT2D eigenvalue weighted by atomic mass is 10.1. The summed E-state index contributed by atoms with van der Waals surface area (Å²) in [5, 5.41) is 6.81. The molecular weight excluding hydrogens is 388 g/mol. The number of hydrogen-bond acceptors (Lipinski definition) is 3. The van der Waals surface area contributed by atoms with Gasteiger partial charge >= 0.3 is 0 Å². The number of halogens is 1. The van der Waals surface area contributed by atoms with Crippen molar-refractivity contribution in [2.24, 2.45) is 0 Å². The van der Waals surface area contributed by atoms with Crippen LogP contribution in [0.5, 0.6) is 0 Å². The van der Waals surface area contributed by atoms with Crippen LogP contribution in [0.4, 0.5) is 11.4 Å². The smallest absolute Gasteiger partial charge is 0.293 e. The molecule has 4 rings (SSSR count). The third-order valence-electron chi connectivity index (χ3n) is 4.46. The standard InChI is InChI=1S/C23H17ClN2O3/c1-14-6-8-15(9-7-14)22(27)26-20-18-4-2-3-5-19(18)29-21(20)23(28)25-17-12-10-16(24)11-13-17/h2-13H,1H3,(H,25,28)(H,26,27). The van der Waals surface area contributed by atoms with Crippen LogP contribution >= 0.6 is 11.6 Å². The number of rotatable bonds is 4. The fourth-order valence-electron chi connectivity index (χ4n) is 2.94. The fraction of sp³-hybridized carbons (Fsp3) is 0.0435. The predicted octanol–water partition coefficient (Wildman–Crippen LogP) is 5.90. The van der Waals surface area contributed by atoms with Crippen LogP contribution in [0.3, 0.4) is 0 Å². The Labute approximate surface area is 172 Å². The van der Waals surface area contributed by atoms with Gasteiger partial charge < -0.3 is 15.1 Å². The topological polar surface area (TPSA) is 71.3 Å². The van der Waals surface area contributed by atoms with Crippen LogP contribution < -0.4 is 10.6 Å². The number of fused-ring (bicyclic) bond motifs is 1. The number of amides is 2. The molecule has 2 amide bonds. The van der Waals surface area contributed by atoms with E-state index in [4.69, 9.17) is 16.0 Å². The Bertz CT molecular complexity index is 1200. The van der Waals surface area contributed by atoms with Crippen LogP contribution in [0.15, 0.2) is 77.2 Å². The van der Waals surface area contributed by atoms with Crippen LogP contribution in [0, 0.1) is 6.92 Å². The minimum Gasteiger partial charge on any atom is -0.449 e. The Morgan fingerprint density at radius 3 is 2.24 bits per heavy atom. The summed E-state index contributed by atoms with van der Waals surface area (Å²) in [5.41, 5.74) is 2.95. The summed E-state index contributed by atoms with van der Waals surface area (Å²) in [6, 6.07) is 21.1. The zero-order valence-electron chi connectivity index (χ0n) is 15.5. The van der Waals surface area contributed by atoms with Crippen molar-refractivity contribution >= 4 is 45.8 Å². The molecule has 0 aliphatic rings. The van der Waals surface area contributed by atoms with E-state index in [9.17, 15) is 9.59 Å². The molecule has 3 aromatic carbocycles. The maximum absolute atomic E-state index is 12.9. The van der Waals surface area contributed by atoms with Gasteiger partial charge in [-0.1, -0.05) is 41.4 Å². The minimum absolute atomic E-state index is 0.0293. The maximum Gasteiger partial charge on any atom is 0.293 e. The molecule has 0 radical (unpaired) electrons. The predicted molar refractivity (Wildman–Crippen MR) is 115 cm³/mol. The highest BCUT2D eigenvalue weighted by Gasteiger charge is 2.22. The summed E-state index contributed by atoms with van der Waals surface area (Å²) < 4.78 is 5.76. The van der Waals surface area contributed by atoms with Gasteiger partial charge in [0.2, 0.25) is 5.76 Å². The van der Waals surface area contributed by atoms with E-state index in [1.54, 1.807) is 54.6 Å². The van der Waals surface area contributed by atoms with Gasteiger partial charge in [0.15, 0.2) is 0 Å². The second-order valence-electron chi connectivity index (χ2n) is 6.58. The van der Waals surface area contributed by atoms with E-state index in [1.165, 1.54) is 0 Å². The van der Waals surface area contributed by atoms with Gasteiger partial charge in [0, 0.05) is 21.7 Å². The van der Waals surface area contributed by atoms with E-state index in [1.807, 2.05) is 25.1 Å². The third-order valence-corrected chi connectivity index (χ3v) is 4.71. The first-order valence-electron chi connectivity index (χ1n) is 8.98. The van der Waals surface area contributed by atoms with Gasteiger partial charge in [-0.25, -0.2) is 0 Å². The zero-order chi connectivity index (χ0) is 20.4. The van der Waals surface area contributed by atoms with Crippen molar-refractivity contribution < 1.29 is 14.0 Å². The summed E-state index contributed by atoms with van der Waals surface area (Å²) in [7, 11) is 0. The highest BCUT2D eigenvalue weighted by molar-refractivity contribution is 6.30. The van der Waals surface area contributed by atoms with E-state index in [2.05, 4.69) is 10.6 Å². The van der Waals surface area contributed by atoms with Crippen LogP contribution in [-0.2, 0) is 0 Å². The molecule has 0 aliphatic carbocycles. The molecular formula is C23H17ClN2O3. The Morgan fingerprint density at radius 1 is 0.828 bits per heavy atom. The fourth-order valence-corrected chi connectivity index (χ4v) is 3.07. The SMILES string of the molecule is Cc1ccc(C(=O)Nc2c(C(=O)Nc3ccc(Cl)cc3)oc3ccccc23)cc1. The Hall–Kier alpha value is -3.57. The molecule has 2 N–H and O–H groups in total. The molecule has 0 saturated heterocycles. The minimum atomic E-state index is -0.470. The average molecular weight is 405 g/mol. The van der Waals surface area contributed by atoms with Crippen molar-refractivity contribution in [3.05, 3.63) is 94.7 Å². The van der Waals surface area contributed by atoms with Gasteiger partial charge in [-0.2, -0.15) is 0 Å². The number of aryl methyl sites for hydroxylation is 1. The second kappa shape index (κ2) is 7.81. The normalized spacial score (nSPS) is 10.7. The highest BCUT2D eigenvalue weighted by atomic mass is 35.5. The van der Waals surface area contributed by atoms with E-state index >= 15 is 0 Å². The number of carbonyl (C=O) groups excluding carboxylic acids is 2. The third kappa shape index (κ3) is 4.00. The van der Waals surface area contributed by atoms with E-state index in [-0.39, 0.29) is 11.7 Å². The van der Waals surface area contributed by atoms with E-state index < -0.39 is 5.91 Å². The number of furan rings is 1. The first-order chi connectivity index (χ1) is 14.0. The monoisotopic (exact) mass is 404 g/mol. The number of para-hydroxylation sites is 1. The van der Waals surface area contributed by atoms with E-state index in [0.717, 1.165) is 5.56 Å². The van der Waals surface area contributed by atoms with E-state index in [0.29, 0.717) is 32.9 Å². The molecule has 6 heteroatoms. The van der Waals surface area contributed by atoms with Crippen molar-refractivity contribution in [1.82, 2.24) is 0 Å². The average Bonchev–Trinajstić information content (AvgIpc) is 3.09. The second-order valence-corrected chi connectivity index (χ2v) is 7.02. The molecule has 4 aromatic rings. The van der Waals surface area contributed by atoms with Crippen molar-refractivity contribution in [2.75, 3.05) is 10.6 Å². The molecule has 0 spiro atoms. The first-order valence-corrected chi connectivity index (χ1v) is 9.35. The number of hydrogen-bond donors (Lipinski definition) is 2. The first kappa shape index (κ1) is 18.8. The van der Waals surface area contributed by atoms with Gasteiger partial charge in [0.25, 0.3) is 11.8 Å². The van der Waals surface area contributed by atoms with Crippen molar-refractivity contribution in [3.63, 3.8) is 0 Å². The summed E-state index contributed by atoms with van der Waals surface area (Å²) in [5.74, 6) is -0.763. The van der Waals surface area contributed by atoms with Gasteiger partial charge in [-0.3, -0.25) is 9.59 Å². The number of anilines is 2. The van der Waals surface area contributed by atoms with Crippen LogP contribution in [-0.4, -0.2) is 11.8 Å². The zero-order valence-corrected chi connectivity index (χ0v) is 16.3. The molecule has 5 nitrogen and oxygen atoms in total. The number of carbonyl (C=O) groups is 2. The number of nitrogens with one attached hydrogen (secondary N) is 2. The summed E-state index contributed by atoms with van der Waals surface area (Å²) in [6.45, 7) is 1.95. The molecule has 144 valence electrons. The molecule has 0 aliphatic heterocycles. The van der Waals surface area contributed by atoms with Gasteiger partial charge in [0.1, 0.15) is 11.3 Å². The Morgan fingerprint density at radius 2 is 1.52 bits per heavy atom. The van der Waals surface area contributed by atoms with Crippen molar-refractivity contribution in [1.29, 1.82) is 0 Å². The molecule has 1 heterocycles. The van der Waals surface area contributed by atoms with Crippen LogP contribution in [0.2, 0.25) is 5.02 Å². The van der Waals surface area contributed by atoms with Gasteiger partial charge in [0.05, 0.1) is 0 Å². The van der Waals surface area contributed by atoms with Crippen LogP contribution in [0.25, 0.3) is 11.0 Å². The maximum atomic E-state index is 12.9.